The molecule has 2 aromatic rings. The molecule has 0 saturated heterocycles. The number of sulfone groups is 1. The normalized spacial score (nSPS) is 13.3. The van der Waals surface area contributed by atoms with Gasteiger partial charge in [0.1, 0.15) is 11.7 Å². The van der Waals surface area contributed by atoms with Crippen LogP contribution in [0, 0.1) is 0 Å². The molecule has 0 amide bonds. The molecule has 1 unspecified atom stereocenters. The lowest BCUT2D eigenvalue weighted by atomic mass is 10.2. The second kappa shape index (κ2) is 5.48. The van der Waals surface area contributed by atoms with E-state index in [1.54, 1.807) is 31.5 Å². The Morgan fingerprint density at radius 1 is 1.43 bits per heavy atom. The second-order valence-electron chi connectivity index (χ2n) is 4.93. The van der Waals surface area contributed by atoms with Crippen LogP contribution in [0.15, 0.2) is 23.1 Å². The summed E-state index contributed by atoms with van der Waals surface area (Å²) in [6.45, 7) is 3.78. The van der Waals surface area contributed by atoms with Gasteiger partial charge in [-0.15, -0.1) is 0 Å². The van der Waals surface area contributed by atoms with Crippen molar-refractivity contribution in [3.05, 3.63) is 24.0 Å². The van der Waals surface area contributed by atoms with Crippen molar-refractivity contribution in [2.24, 2.45) is 7.05 Å². The minimum atomic E-state index is -3.28. The maximum Gasteiger partial charge on any atom is 0.316 e. The minimum absolute atomic E-state index is 0.212. The lowest BCUT2D eigenvalue weighted by Crippen LogP contribution is -2.16. The lowest BCUT2D eigenvalue weighted by Gasteiger charge is -2.10. The van der Waals surface area contributed by atoms with Crippen LogP contribution in [0.3, 0.4) is 0 Å². The van der Waals surface area contributed by atoms with Crippen LogP contribution in [0.4, 0.5) is 0 Å². The Kier molecular flexibility index (Phi) is 4.04. The number of nitrogens with zero attached hydrogens (tertiary/aromatic N) is 2. The number of ether oxygens (including phenoxy) is 1. The Labute approximate surface area is 123 Å². The average Bonchev–Trinajstić information content (AvgIpc) is 2.74. The van der Waals surface area contributed by atoms with Crippen molar-refractivity contribution in [1.29, 1.82) is 0 Å². The summed E-state index contributed by atoms with van der Waals surface area (Å²) >= 11 is 0. The van der Waals surface area contributed by atoms with E-state index in [0.717, 1.165) is 11.8 Å². The molecule has 0 fully saturated rings. The first-order valence-electron chi connectivity index (χ1n) is 6.58. The largest absolute Gasteiger partial charge is 0.465 e. The molecule has 0 aliphatic rings. The number of imidazole rings is 1. The third kappa shape index (κ3) is 2.92. The highest BCUT2D eigenvalue weighted by atomic mass is 32.2. The summed E-state index contributed by atoms with van der Waals surface area (Å²) in [5.41, 5.74) is 1.32. The van der Waals surface area contributed by atoms with Crippen LogP contribution in [0.2, 0.25) is 0 Å². The molecule has 0 spiro atoms. The molecule has 1 aromatic carbocycles. The van der Waals surface area contributed by atoms with E-state index in [1.807, 2.05) is 0 Å². The van der Waals surface area contributed by atoms with Crippen molar-refractivity contribution < 1.29 is 17.9 Å². The number of fused-ring (bicyclic) bond motifs is 1. The van der Waals surface area contributed by atoms with Crippen molar-refractivity contribution in [2.75, 3.05) is 12.9 Å². The molecular weight excluding hydrogens is 292 g/mol. The number of carbonyl (C=O) groups is 1. The number of carbonyl (C=O) groups excluding carboxylic acids is 1. The first-order valence-corrected chi connectivity index (χ1v) is 8.48. The van der Waals surface area contributed by atoms with Crippen molar-refractivity contribution in [1.82, 2.24) is 9.55 Å². The van der Waals surface area contributed by atoms with Crippen LogP contribution < -0.4 is 0 Å². The zero-order valence-corrected chi connectivity index (χ0v) is 13.3. The molecule has 114 valence electrons. The van der Waals surface area contributed by atoms with Gasteiger partial charge in [0.05, 0.1) is 22.5 Å². The molecule has 7 heteroatoms. The van der Waals surface area contributed by atoms with Crippen LogP contribution >= 0.6 is 0 Å². The lowest BCUT2D eigenvalue weighted by molar-refractivity contribution is -0.144. The van der Waals surface area contributed by atoms with E-state index in [2.05, 4.69) is 4.98 Å². The monoisotopic (exact) mass is 310 g/mol. The third-order valence-electron chi connectivity index (χ3n) is 3.34. The number of benzene rings is 1. The summed E-state index contributed by atoms with van der Waals surface area (Å²) < 4.78 is 30.0. The van der Waals surface area contributed by atoms with Gasteiger partial charge < -0.3 is 9.30 Å². The van der Waals surface area contributed by atoms with E-state index in [4.69, 9.17) is 4.74 Å². The van der Waals surface area contributed by atoms with E-state index in [9.17, 15) is 13.2 Å². The van der Waals surface area contributed by atoms with Crippen LogP contribution in [0.1, 0.15) is 25.6 Å². The molecule has 0 radical (unpaired) electrons. The average molecular weight is 310 g/mol. The highest BCUT2D eigenvalue weighted by Gasteiger charge is 2.23. The first-order chi connectivity index (χ1) is 9.75. The molecule has 1 aromatic heterocycles. The van der Waals surface area contributed by atoms with Crippen molar-refractivity contribution in [3.63, 3.8) is 0 Å². The third-order valence-corrected chi connectivity index (χ3v) is 4.45. The van der Waals surface area contributed by atoms with Gasteiger partial charge in [-0.1, -0.05) is 0 Å². The molecule has 0 saturated carbocycles. The van der Waals surface area contributed by atoms with Crippen LogP contribution in [-0.4, -0.2) is 36.8 Å². The van der Waals surface area contributed by atoms with Crippen molar-refractivity contribution in [3.8, 4) is 0 Å². The minimum Gasteiger partial charge on any atom is -0.465 e. The molecular formula is C14H18N2O4S. The Morgan fingerprint density at radius 3 is 2.67 bits per heavy atom. The summed E-state index contributed by atoms with van der Waals surface area (Å²) in [4.78, 5) is 16.4. The Morgan fingerprint density at radius 2 is 2.10 bits per heavy atom. The molecule has 0 aliphatic carbocycles. The van der Waals surface area contributed by atoms with Gasteiger partial charge in [-0.2, -0.15) is 0 Å². The predicted octanol–water partition coefficient (Wildman–Crippen LogP) is 1.64. The Hall–Kier alpha value is -1.89. The van der Waals surface area contributed by atoms with Gasteiger partial charge in [-0.05, 0) is 32.0 Å². The molecule has 1 heterocycles. The standard InChI is InChI=1S/C14H18N2O4S/c1-5-20-14(17)9(2)13-15-11-8-10(21(4,18)19)6-7-12(11)16(13)3/h6-9H,5H2,1-4H3. The van der Waals surface area contributed by atoms with E-state index in [1.165, 1.54) is 12.1 Å². The van der Waals surface area contributed by atoms with Gasteiger partial charge in [-0.25, -0.2) is 13.4 Å². The fourth-order valence-corrected chi connectivity index (χ4v) is 2.83. The maximum absolute atomic E-state index is 11.8. The summed E-state index contributed by atoms with van der Waals surface area (Å²) in [7, 11) is -1.49. The van der Waals surface area contributed by atoms with Gasteiger partial charge in [0, 0.05) is 13.3 Å². The van der Waals surface area contributed by atoms with Gasteiger partial charge >= 0.3 is 5.97 Å². The first kappa shape index (κ1) is 15.5. The van der Waals surface area contributed by atoms with Crippen LogP contribution in [-0.2, 0) is 26.4 Å². The highest BCUT2D eigenvalue weighted by Crippen LogP contribution is 2.24. The Bertz CT molecular complexity index is 793. The van der Waals surface area contributed by atoms with E-state index in [0.29, 0.717) is 17.9 Å². The Balaban J connectivity index is 2.53. The summed E-state index contributed by atoms with van der Waals surface area (Å²) in [5, 5.41) is 0. The van der Waals surface area contributed by atoms with Gasteiger partial charge in [0.25, 0.3) is 0 Å². The molecule has 0 N–H and O–H groups in total. The molecule has 2 rings (SSSR count). The quantitative estimate of drug-likeness (QED) is 0.802. The van der Waals surface area contributed by atoms with E-state index >= 15 is 0 Å². The predicted molar refractivity (Wildman–Crippen MR) is 78.9 cm³/mol. The molecule has 0 aliphatic heterocycles. The number of rotatable bonds is 4. The summed E-state index contributed by atoms with van der Waals surface area (Å²) in [6, 6.07) is 4.75. The van der Waals surface area contributed by atoms with Gasteiger partial charge in [-0.3, -0.25) is 4.79 Å². The molecule has 1 atom stereocenters. The van der Waals surface area contributed by atoms with Crippen molar-refractivity contribution >= 4 is 26.8 Å². The van der Waals surface area contributed by atoms with Gasteiger partial charge in [0.15, 0.2) is 9.84 Å². The summed E-state index contributed by atoms with van der Waals surface area (Å²) in [5.74, 6) is -0.308. The van der Waals surface area contributed by atoms with Gasteiger partial charge in [0.2, 0.25) is 0 Å². The maximum atomic E-state index is 11.8. The fraction of sp³-hybridized carbons (Fsp3) is 0.429. The van der Waals surface area contributed by atoms with Crippen LogP contribution in [0.25, 0.3) is 11.0 Å². The van der Waals surface area contributed by atoms with Crippen LogP contribution in [0.5, 0.6) is 0 Å². The zero-order chi connectivity index (χ0) is 15.8. The van der Waals surface area contributed by atoms with E-state index < -0.39 is 15.8 Å². The van der Waals surface area contributed by atoms with Crippen molar-refractivity contribution in [2.45, 2.75) is 24.7 Å². The second-order valence-corrected chi connectivity index (χ2v) is 6.94. The molecule has 21 heavy (non-hydrogen) atoms. The fourth-order valence-electron chi connectivity index (χ4n) is 2.19. The smallest absolute Gasteiger partial charge is 0.316 e. The molecule has 6 nitrogen and oxygen atoms in total. The number of aromatic nitrogens is 2. The SMILES string of the molecule is CCOC(=O)C(C)c1nc2cc(S(C)(=O)=O)ccc2n1C. The number of hydrogen-bond acceptors (Lipinski definition) is 5. The number of hydrogen-bond donors (Lipinski definition) is 0. The zero-order valence-electron chi connectivity index (χ0n) is 12.5. The summed E-state index contributed by atoms with van der Waals surface area (Å²) in [6.07, 6.45) is 1.15. The number of aryl methyl sites for hydroxylation is 1. The number of esters is 1. The molecule has 0 bridgehead atoms. The van der Waals surface area contributed by atoms with E-state index in [-0.39, 0.29) is 10.9 Å². The topological polar surface area (TPSA) is 78.3 Å². The highest BCUT2D eigenvalue weighted by molar-refractivity contribution is 7.90.